The maximum absolute atomic E-state index is 6.38. The number of hydrogen-bond acceptors (Lipinski definition) is 2. The van der Waals surface area contributed by atoms with Crippen LogP contribution in [0.3, 0.4) is 0 Å². The normalized spacial score (nSPS) is 18.8. The van der Waals surface area contributed by atoms with Gasteiger partial charge >= 0.3 is 7.12 Å². The molecule has 4 rings (SSSR count). The Kier molecular flexibility index (Phi) is 3.60. The van der Waals surface area contributed by atoms with Crippen molar-refractivity contribution in [3.8, 4) is 11.1 Å². The van der Waals surface area contributed by atoms with E-state index in [-0.39, 0.29) is 11.2 Å². The molecule has 0 radical (unpaired) electrons. The van der Waals surface area contributed by atoms with Crippen LogP contribution in [0, 0.1) is 0 Å². The van der Waals surface area contributed by atoms with E-state index in [1.54, 1.807) is 0 Å². The molecule has 0 atom stereocenters. The Labute approximate surface area is 149 Å². The molecule has 0 bridgehead atoms. The van der Waals surface area contributed by atoms with Crippen LogP contribution < -0.4 is 5.59 Å². The smallest absolute Gasteiger partial charge is 0.398 e. The summed E-state index contributed by atoms with van der Waals surface area (Å²) >= 11 is 0. The van der Waals surface area contributed by atoms with Crippen LogP contribution in [0.1, 0.15) is 27.7 Å². The van der Waals surface area contributed by atoms with Crippen LogP contribution in [0.5, 0.6) is 0 Å². The van der Waals surface area contributed by atoms with Gasteiger partial charge in [0, 0.05) is 23.5 Å². The van der Waals surface area contributed by atoms with Crippen molar-refractivity contribution < 1.29 is 9.31 Å². The Hall–Kier alpha value is -2.04. The summed E-state index contributed by atoms with van der Waals surface area (Å²) in [5.74, 6) is 0. The van der Waals surface area contributed by atoms with Gasteiger partial charge < -0.3 is 13.9 Å². The highest BCUT2D eigenvalue weighted by molar-refractivity contribution is 6.64. The van der Waals surface area contributed by atoms with Crippen molar-refractivity contribution in [2.24, 2.45) is 7.05 Å². The molecule has 1 aliphatic rings. The molecule has 2 aromatic carbocycles. The summed E-state index contributed by atoms with van der Waals surface area (Å²) in [4.78, 5) is 0. The molecule has 0 spiro atoms. The van der Waals surface area contributed by atoms with Gasteiger partial charge in [-0.2, -0.15) is 0 Å². The number of para-hydroxylation sites is 1. The molecule has 0 aliphatic carbocycles. The lowest BCUT2D eigenvalue weighted by atomic mass is 9.79. The van der Waals surface area contributed by atoms with Crippen molar-refractivity contribution in [2.45, 2.75) is 38.9 Å². The lowest BCUT2D eigenvalue weighted by Gasteiger charge is -2.32. The predicted octanol–water partition coefficient (Wildman–Crippen LogP) is 4.14. The van der Waals surface area contributed by atoms with Gasteiger partial charge in [0.15, 0.2) is 0 Å². The van der Waals surface area contributed by atoms with Gasteiger partial charge in [0.1, 0.15) is 0 Å². The molecule has 0 N–H and O–H groups in total. The third-order valence-electron chi connectivity index (χ3n) is 5.69. The van der Waals surface area contributed by atoms with Crippen molar-refractivity contribution in [3.63, 3.8) is 0 Å². The minimum Gasteiger partial charge on any atom is -0.398 e. The van der Waals surface area contributed by atoms with Crippen molar-refractivity contribution in [2.75, 3.05) is 0 Å². The second-order valence-corrected chi connectivity index (χ2v) is 7.79. The van der Waals surface area contributed by atoms with Crippen LogP contribution in [-0.4, -0.2) is 22.9 Å². The molecule has 0 unspecified atom stereocenters. The summed E-state index contributed by atoms with van der Waals surface area (Å²) in [5.41, 5.74) is 3.92. The molecule has 1 aliphatic heterocycles. The molecular weight excluding hydrogens is 309 g/mol. The number of aryl methyl sites for hydroxylation is 1. The summed E-state index contributed by atoms with van der Waals surface area (Å²) in [6, 6.07) is 19.0. The largest absolute Gasteiger partial charge is 0.513 e. The maximum atomic E-state index is 6.38. The van der Waals surface area contributed by atoms with E-state index in [0.29, 0.717) is 0 Å². The van der Waals surface area contributed by atoms with Gasteiger partial charge in [0.05, 0.1) is 16.8 Å². The lowest BCUT2D eigenvalue weighted by molar-refractivity contribution is 0.00578. The monoisotopic (exact) mass is 333 g/mol. The van der Waals surface area contributed by atoms with Crippen LogP contribution in [-0.2, 0) is 16.4 Å². The number of fused-ring (bicyclic) bond motifs is 1. The van der Waals surface area contributed by atoms with Gasteiger partial charge in [-0.25, -0.2) is 0 Å². The fraction of sp³-hybridized carbons (Fsp3) is 0.333. The van der Waals surface area contributed by atoms with E-state index in [1.165, 1.54) is 22.0 Å². The fourth-order valence-corrected chi connectivity index (χ4v) is 3.55. The molecule has 128 valence electrons. The van der Waals surface area contributed by atoms with Gasteiger partial charge in [-0.15, -0.1) is 0 Å². The standard InChI is InChI=1S/C21H24BNO2/c1-20(2)21(3,4)25-22(24-20)19-18(15-11-7-6-8-12-15)16-13-9-10-14-17(16)23(19)5/h6-14H,1-5H3. The quantitative estimate of drug-likeness (QED) is 0.658. The lowest BCUT2D eigenvalue weighted by Crippen LogP contribution is -2.41. The highest BCUT2D eigenvalue weighted by atomic mass is 16.7. The number of rotatable bonds is 2. The Morgan fingerprint density at radius 1 is 0.800 bits per heavy atom. The van der Waals surface area contributed by atoms with E-state index in [1.807, 2.05) is 6.07 Å². The molecule has 1 saturated heterocycles. The molecule has 2 heterocycles. The highest BCUT2D eigenvalue weighted by Crippen LogP contribution is 2.38. The Balaban J connectivity index is 1.97. The van der Waals surface area contributed by atoms with E-state index in [0.717, 1.165) is 5.59 Å². The molecule has 1 fully saturated rings. The van der Waals surface area contributed by atoms with Gasteiger partial charge in [-0.1, -0.05) is 48.5 Å². The van der Waals surface area contributed by atoms with Gasteiger partial charge in [-0.3, -0.25) is 0 Å². The van der Waals surface area contributed by atoms with Crippen molar-refractivity contribution in [3.05, 3.63) is 54.6 Å². The second kappa shape index (κ2) is 5.48. The fourth-order valence-electron chi connectivity index (χ4n) is 3.55. The first-order valence-electron chi connectivity index (χ1n) is 8.80. The van der Waals surface area contributed by atoms with E-state index in [4.69, 9.17) is 9.31 Å². The summed E-state index contributed by atoms with van der Waals surface area (Å²) in [6.07, 6.45) is 0. The molecule has 25 heavy (non-hydrogen) atoms. The van der Waals surface area contributed by atoms with Crippen molar-refractivity contribution in [1.82, 2.24) is 4.57 Å². The minimum absolute atomic E-state index is 0.359. The zero-order chi connectivity index (χ0) is 17.8. The molecule has 3 aromatic rings. The average Bonchev–Trinajstić information content (AvgIpc) is 2.99. The zero-order valence-electron chi connectivity index (χ0n) is 15.5. The van der Waals surface area contributed by atoms with Gasteiger partial charge in [0.2, 0.25) is 0 Å². The van der Waals surface area contributed by atoms with E-state index < -0.39 is 7.12 Å². The Bertz CT molecular complexity index is 912. The Morgan fingerprint density at radius 3 is 2.00 bits per heavy atom. The SMILES string of the molecule is Cn1c(B2OC(C)(C)C(C)(C)O2)c(-c2ccccc2)c2ccccc21. The van der Waals surface area contributed by atoms with E-state index in [2.05, 4.69) is 87.8 Å². The predicted molar refractivity (Wildman–Crippen MR) is 104 cm³/mol. The molecule has 4 heteroatoms. The summed E-state index contributed by atoms with van der Waals surface area (Å²) in [5, 5.41) is 1.22. The molecule has 0 saturated carbocycles. The summed E-state index contributed by atoms with van der Waals surface area (Å²) < 4.78 is 15.0. The zero-order valence-corrected chi connectivity index (χ0v) is 15.5. The van der Waals surface area contributed by atoms with Crippen LogP contribution in [0.4, 0.5) is 0 Å². The molecule has 0 amide bonds. The average molecular weight is 333 g/mol. The highest BCUT2D eigenvalue weighted by Gasteiger charge is 2.53. The van der Waals surface area contributed by atoms with Crippen molar-refractivity contribution in [1.29, 1.82) is 0 Å². The van der Waals surface area contributed by atoms with Gasteiger partial charge in [-0.05, 0) is 39.3 Å². The summed E-state index contributed by atoms with van der Waals surface area (Å²) in [6.45, 7) is 8.38. The third kappa shape index (κ3) is 2.43. The van der Waals surface area contributed by atoms with E-state index >= 15 is 0 Å². The minimum atomic E-state index is -0.391. The first-order valence-corrected chi connectivity index (χ1v) is 8.80. The van der Waals surface area contributed by atoms with Crippen LogP contribution in [0.2, 0.25) is 0 Å². The van der Waals surface area contributed by atoms with Crippen LogP contribution >= 0.6 is 0 Å². The van der Waals surface area contributed by atoms with E-state index in [9.17, 15) is 0 Å². The number of nitrogens with zero attached hydrogens (tertiary/aromatic N) is 1. The number of benzene rings is 2. The van der Waals surface area contributed by atoms with Crippen molar-refractivity contribution >= 4 is 23.6 Å². The number of aromatic nitrogens is 1. The molecular formula is C21H24BNO2. The third-order valence-corrected chi connectivity index (χ3v) is 5.69. The first-order chi connectivity index (χ1) is 11.8. The maximum Gasteiger partial charge on any atom is 0.513 e. The Morgan fingerprint density at radius 2 is 1.36 bits per heavy atom. The first kappa shape index (κ1) is 16.4. The molecule has 3 nitrogen and oxygen atoms in total. The second-order valence-electron chi connectivity index (χ2n) is 7.79. The van der Waals surface area contributed by atoms with Crippen LogP contribution in [0.25, 0.3) is 22.0 Å². The van der Waals surface area contributed by atoms with Gasteiger partial charge in [0.25, 0.3) is 0 Å². The molecule has 1 aromatic heterocycles. The number of hydrogen-bond donors (Lipinski definition) is 0. The summed E-state index contributed by atoms with van der Waals surface area (Å²) in [7, 11) is 1.70. The topological polar surface area (TPSA) is 23.4 Å². The van der Waals surface area contributed by atoms with Crippen LogP contribution in [0.15, 0.2) is 54.6 Å².